The third-order valence-electron chi connectivity index (χ3n) is 4.94. The van der Waals surface area contributed by atoms with E-state index in [0.29, 0.717) is 12.2 Å². The Balaban J connectivity index is 1.37. The Kier molecular flexibility index (Phi) is 5.03. The summed E-state index contributed by atoms with van der Waals surface area (Å²) >= 11 is 0. The van der Waals surface area contributed by atoms with Crippen molar-refractivity contribution in [3.05, 3.63) is 72.0 Å². The highest BCUT2D eigenvalue weighted by Gasteiger charge is 2.39. The molecule has 2 heterocycles. The molecular weight excluding hydrogens is 370 g/mol. The van der Waals surface area contributed by atoms with E-state index in [1.54, 1.807) is 6.92 Å². The molecule has 0 radical (unpaired) electrons. The zero-order valence-corrected chi connectivity index (χ0v) is 15.9. The maximum atomic E-state index is 12.6. The number of furan rings is 1. The zero-order chi connectivity index (χ0) is 20.4. The molecule has 0 bridgehead atoms. The molecule has 148 valence electrons. The van der Waals surface area contributed by atoms with Crippen LogP contribution in [0.1, 0.15) is 24.3 Å². The number of imide groups is 1. The van der Waals surface area contributed by atoms with Crippen LogP contribution in [0.3, 0.4) is 0 Å². The summed E-state index contributed by atoms with van der Waals surface area (Å²) in [5.41, 5.74) is 1.68. The van der Waals surface area contributed by atoms with Crippen LogP contribution in [0.5, 0.6) is 0 Å². The fourth-order valence-corrected chi connectivity index (χ4v) is 3.43. The minimum absolute atomic E-state index is 0.333. The molecule has 0 saturated carbocycles. The lowest BCUT2D eigenvalue weighted by atomic mass is 10.1. The number of fused-ring (bicyclic) bond motifs is 1. The van der Waals surface area contributed by atoms with Gasteiger partial charge in [-0.15, -0.1) is 0 Å². The summed E-state index contributed by atoms with van der Waals surface area (Å²) in [7, 11) is 0. The molecule has 1 fully saturated rings. The average Bonchev–Trinajstić information content (AvgIpc) is 3.26. The summed E-state index contributed by atoms with van der Waals surface area (Å²) in [6.07, 6.45) is 0.388. The second-order valence-corrected chi connectivity index (χ2v) is 7.09. The van der Waals surface area contributed by atoms with Gasteiger partial charge in [0.1, 0.15) is 23.9 Å². The number of nitrogens with zero attached hydrogens (tertiary/aromatic N) is 1. The summed E-state index contributed by atoms with van der Waals surface area (Å²) < 4.78 is 5.75. The van der Waals surface area contributed by atoms with Crippen LogP contribution < -0.4 is 10.6 Å². The van der Waals surface area contributed by atoms with E-state index >= 15 is 0 Å². The first-order valence-electron chi connectivity index (χ1n) is 9.45. The number of hydrogen-bond acceptors (Lipinski definition) is 4. The highest BCUT2D eigenvalue weighted by Crippen LogP contribution is 2.23. The van der Waals surface area contributed by atoms with E-state index in [1.807, 2.05) is 60.7 Å². The molecule has 2 N–H and O–H groups in total. The summed E-state index contributed by atoms with van der Waals surface area (Å²) in [5.74, 6) is -0.217. The smallest absolute Gasteiger partial charge is 0.325 e. The van der Waals surface area contributed by atoms with Gasteiger partial charge in [-0.05, 0) is 24.6 Å². The molecule has 1 aliphatic rings. The molecule has 1 saturated heterocycles. The molecule has 2 aromatic carbocycles. The van der Waals surface area contributed by atoms with Gasteiger partial charge in [0.05, 0.1) is 6.04 Å². The molecule has 7 nitrogen and oxygen atoms in total. The summed E-state index contributed by atoms with van der Waals surface area (Å²) in [5, 5.41) is 6.38. The van der Waals surface area contributed by atoms with Gasteiger partial charge in [-0.25, -0.2) is 4.79 Å². The van der Waals surface area contributed by atoms with Gasteiger partial charge in [-0.2, -0.15) is 0 Å². The van der Waals surface area contributed by atoms with Crippen LogP contribution in [0.4, 0.5) is 4.79 Å². The third kappa shape index (κ3) is 3.99. The molecule has 4 amide bonds. The SMILES string of the molecule is CC(NC(=O)CN1C(=O)NC(Cc2ccccc2)C1=O)c1cc2ccccc2o1. The van der Waals surface area contributed by atoms with Crippen molar-refractivity contribution in [3.8, 4) is 0 Å². The standard InChI is InChI=1S/C22H21N3O4/c1-14(19-12-16-9-5-6-10-18(16)29-19)23-20(26)13-25-21(27)17(24-22(25)28)11-15-7-3-2-4-8-15/h2-10,12,14,17H,11,13H2,1H3,(H,23,26)(H,24,28). The van der Waals surface area contributed by atoms with E-state index in [0.717, 1.165) is 21.4 Å². The molecule has 2 unspecified atom stereocenters. The van der Waals surface area contributed by atoms with E-state index < -0.39 is 29.9 Å². The number of rotatable bonds is 6. The van der Waals surface area contributed by atoms with Gasteiger partial charge in [-0.3, -0.25) is 14.5 Å². The Hall–Kier alpha value is -3.61. The average molecular weight is 391 g/mol. The number of hydrogen-bond donors (Lipinski definition) is 2. The van der Waals surface area contributed by atoms with E-state index in [4.69, 9.17) is 4.42 Å². The van der Waals surface area contributed by atoms with Gasteiger partial charge in [0.2, 0.25) is 5.91 Å². The van der Waals surface area contributed by atoms with Crippen molar-refractivity contribution < 1.29 is 18.8 Å². The number of para-hydroxylation sites is 1. The number of benzene rings is 2. The van der Waals surface area contributed by atoms with Crippen LogP contribution in [0.15, 0.2) is 65.1 Å². The lowest BCUT2D eigenvalue weighted by Gasteiger charge is -2.15. The van der Waals surface area contributed by atoms with Crippen LogP contribution in [-0.4, -0.2) is 35.3 Å². The van der Waals surface area contributed by atoms with Gasteiger partial charge in [0.15, 0.2) is 0 Å². The van der Waals surface area contributed by atoms with Gasteiger partial charge >= 0.3 is 6.03 Å². The first-order chi connectivity index (χ1) is 14.0. The number of amides is 4. The normalized spacial score (nSPS) is 17.4. The monoisotopic (exact) mass is 391 g/mol. The number of carbonyl (C=O) groups excluding carboxylic acids is 3. The topological polar surface area (TPSA) is 91.7 Å². The first-order valence-corrected chi connectivity index (χ1v) is 9.45. The fourth-order valence-electron chi connectivity index (χ4n) is 3.43. The summed E-state index contributed by atoms with van der Waals surface area (Å²) in [4.78, 5) is 38.1. The Bertz CT molecular complexity index is 1030. The van der Waals surface area contributed by atoms with Crippen molar-refractivity contribution in [3.63, 3.8) is 0 Å². The molecular formula is C22H21N3O4. The quantitative estimate of drug-likeness (QED) is 0.632. The Morgan fingerprint density at radius 2 is 1.86 bits per heavy atom. The molecule has 7 heteroatoms. The number of carbonyl (C=O) groups is 3. The highest BCUT2D eigenvalue weighted by molar-refractivity contribution is 6.06. The molecule has 3 aromatic rings. The molecule has 1 aliphatic heterocycles. The second-order valence-electron chi connectivity index (χ2n) is 7.09. The molecule has 0 aliphatic carbocycles. The Morgan fingerprint density at radius 1 is 1.14 bits per heavy atom. The van der Waals surface area contributed by atoms with Crippen molar-refractivity contribution >= 4 is 28.8 Å². The third-order valence-corrected chi connectivity index (χ3v) is 4.94. The molecule has 29 heavy (non-hydrogen) atoms. The zero-order valence-electron chi connectivity index (χ0n) is 15.9. The van der Waals surface area contributed by atoms with Crippen molar-refractivity contribution in [2.45, 2.75) is 25.4 Å². The highest BCUT2D eigenvalue weighted by atomic mass is 16.3. The summed E-state index contributed by atoms with van der Waals surface area (Å²) in [6, 6.07) is 17.3. The van der Waals surface area contributed by atoms with E-state index in [9.17, 15) is 14.4 Å². The number of nitrogens with one attached hydrogen (secondary N) is 2. The van der Waals surface area contributed by atoms with Crippen molar-refractivity contribution in [2.75, 3.05) is 6.54 Å². The van der Waals surface area contributed by atoms with Crippen LogP contribution in [0, 0.1) is 0 Å². The minimum Gasteiger partial charge on any atom is -0.459 e. The van der Waals surface area contributed by atoms with Gasteiger partial charge < -0.3 is 15.1 Å². The van der Waals surface area contributed by atoms with Crippen LogP contribution >= 0.6 is 0 Å². The van der Waals surface area contributed by atoms with E-state index in [2.05, 4.69) is 10.6 Å². The maximum Gasteiger partial charge on any atom is 0.325 e. The van der Waals surface area contributed by atoms with Gasteiger partial charge in [0, 0.05) is 11.8 Å². The largest absolute Gasteiger partial charge is 0.459 e. The minimum atomic E-state index is -0.662. The van der Waals surface area contributed by atoms with Crippen molar-refractivity contribution in [1.82, 2.24) is 15.5 Å². The molecule has 1 aromatic heterocycles. The van der Waals surface area contributed by atoms with Crippen LogP contribution in [0.25, 0.3) is 11.0 Å². The Labute approximate surface area is 167 Å². The molecule has 4 rings (SSSR count). The lowest BCUT2D eigenvalue weighted by molar-refractivity contribution is -0.132. The molecule has 0 spiro atoms. The fraction of sp³-hybridized carbons (Fsp3) is 0.227. The van der Waals surface area contributed by atoms with E-state index in [-0.39, 0.29) is 6.54 Å². The van der Waals surface area contributed by atoms with Gasteiger partial charge in [0.25, 0.3) is 5.91 Å². The number of urea groups is 1. The van der Waals surface area contributed by atoms with Crippen molar-refractivity contribution in [1.29, 1.82) is 0 Å². The maximum absolute atomic E-state index is 12.6. The predicted octanol–water partition coefficient (Wildman–Crippen LogP) is 2.77. The first kappa shape index (κ1) is 18.7. The van der Waals surface area contributed by atoms with Crippen molar-refractivity contribution in [2.24, 2.45) is 0 Å². The van der Waals surface area contributed by atoms with Crippen LogP contribution in [0.2, 0.25) is 0 Å². The van der Waals surface area contributed by atoms with Crippen LogP contribution in [-0.2, 0) is 16.0 Å². The van der Waals surface area contributed by atoms with Gasteiger partial charge in [-0.1, -0.05) is 48.5 Å². The summed E-state index contributed by atoms with van der Waals surface area (Å²) in [6.45, 7) is 1.46. The van der Waals surface area contributed by atoms with E-state index in [1.165, 1.54) is 0 Å². The lowest BCUT2D eigenvalue weighted by Crippen LogP contribution is -2.41. The second kappa shape index (κ2) is 7.79. The Morgan fingerprint density at radius 3 is 2.62 bits per heavy atom. The predicted molar refractivity (Wildman–Crippen MR) is 107 cm³/mol. The molecule has 2 atom stereocenters.